The summed E-state index contributed by atoms with van der Waals surface area (Å²) < 4.78 is 5.07. The molecule has 3 fully saturated rings. The van der Waals surface area contributed by atoms with Crippen molar-refractivity contribution in [2.45, 2.75) is 122 Å². The van der Waals surface area contributed by atoms with E-state index in [2.05, 4.69) is 46.7 Å². The van der Waals surface area contributed by atoms with Crippen LogP contribution in [0.25, 0.3) is 0 Å². The van der Waals surface area contributed by atoms with Gasteiger partial charge in [-0.1, -0.05) is 95.2 Å². The average Bonchev–Trinajstić information content (AvgIpc) is 3.64. The fourth-order valence-corrected chi connectivity index (χ4v) is 2.62. The minimum Gasteiger partial charge on any atom is -0.381 e. The lowest BCUT2D eigenvalue weighted by Crippen LogP contribution is -2.42. The fourth-order valence-electron chi connectivity index (χ4n) is 2.62. The third kappa shape index (κ3) is 56.5. The van der Waals surface area contributed by atoms with Crippen LogP contribution in [0.15, 0.2) is 24.6 Å². The molecule has 0 unspecified atom stereocenters. The number of rotatable bonds is 0. The number of hydrogen-bond acceptors (Lipinski definition) is 5. The maximum atomic E-state index is 5.07. The van der Waals surface area contributed by atoms with E-state index in [1.54, 1.807) is 0 Å². The van der Waals surface area contributed by atoms with Gasteiger partial charge in [-0.2, -0.15) is 0 Å². The Morgan fingerprint density at radius 1 is 0.514 bits per heavy atom. The van der Waals surface area contributed by atoms with Crippen LogP contribution in [0.2, 0.25) is 0 Å². The Morgan fingerprint density at radius 3 is 1.00 bits per heavy atom. The predicted octanol–water partition coefficient (Wildman–Crippen LogP) is 8.58. The number of piperazine rings is 1. The van der Waals surface area contributed by atoms with Crippen LogP contribution in [0.1, 0.15) is 122 Å². The summed E-state index contributed by atoms with van der Waals surface area (Å²) in [6.07, 6.45) is 15.8. The van der Waals surface area contributed by atoms with Crippen LogP contribution in [0.3, 0.4) is 0 Å². The number of dihydropyridines is 1. The van der Waals surface area contributed by atoms with E-state index in [1.165, 1.54) is 71.4 Å². The first kappa shape index (κ1) is 49.1. The Kier molecular flexibility index (Phi) is 79.5. The molecule has 0 aromatic rings. The molecule has 4 aliphatic heterocycles. The van der Waals surface area contributed by atoms with Crippen LogP contribution in [-0.4, -0.2) is 76.4 Å². The molecule has 3 saturated heterocycles. The number of hydrogen-bond donors (Lipinski definition) is 2. The van der Waals surface area contributed by atoms with Crippen molar-refractivity contribution in [1.29, 1.82) is 0 Å². The van der Waals surface area contributed by atoms with Crippen LogP contribution in [0, 0.1) is 0 Å². The monoisotopic (exact) mass is 533 g/mol. The van der Waals surface area contributed by atoms with Gasteiger partial charge in [0.1, 0.15) is 0 Å². The number of allylic oxidation sites excluding steroid dienone is 2. The molecule has 0 aliphatic carbocycles. The first-order valence-electron chi connectivity index (χ1n) is 16.0. The summed E-state index contributed by atoms with van der Waals surface area (Å²) in [5.74, 6) is 0. The van der Waals surface area contributed by atoms with E-state index in [0.29, 0.717) is 0 Å². The average molecular weight is 533 g/mol. The van der Waals surface area contributed by atoms with Crippen molar-refractivity contribution in [2.75, 3.05) is 66.6 Å². The standard InChI is InChI=1S/C6H14N2.C5H7N.C5H10O.C4H9N.6C2H6/c1-7-3-5-8(2)6-4-7;2*1-2-4-6-5-3-1;1-2-4-5-3-1;6*1-2/h3-6H2,1-2H3;2-6H,1H2;1-5H2;5H,1-4H2;6*1-2H3. The van der Waals surface area contributed by atoms with Crippen molar-refractivity contribution in [2.24, 2.45) is 0 Å². The lowest BCUT2D eigenvalue weighted by atomic mass is 10.2. The SMILES string of the molecule is C1=CNC=CC1.C1CCNC1.C1CCOCC1.CC.CC.CC.CC.CC.CC.CN1CCN(C)CC1. The van der Waals surface area contributed by atoms with Gasteiger partial charge >= 0.3 is 0 Å². The van der Waals surface area contributed by atoms with Gasteiger partial charge in [-0.05, 0) is 78.1 Å². The number of ether oxygens (including phenoxy) is 1. The van der Waals surface area contributed by atoms with Gasteiger partial charge in [-0.25, -0.2) is 0 Å². The molecule has 230 valence electrons. The zero-order chi connectivity index (χ0) is 30.0. The van der Waals surface area contributed by atoms with Gasteiger partial charge < -0.3 is 25.2 Å². The normalized spacial score (nSPS) is 16.6. The lowest BCUT2D eigenvalue weighted by molar-refractivity contribution is 0.0968. The molecule has 0 aromatic carbocycles. The predicted molar refractivity (Wildman–Crippen MR) is 176 cm³/mol. The van der Waals surface area contributed by atoms with Crippen molar-refractivity contribution in [3.05, 3.63) is 24.6 Å². The summed E-state index contributed by atoms with van der Waals surface area (Å²) in [6.45, 7) is 33.4. The van der Waals surface area contributed by atoms with Crippen LogP contribution in [-0.2, 0) is 4.74 Å². The summed E-state index contributed by atoms with van der Waals surface area (Å²) in [6, 6.07) is 0. The largest absolute Gasteiger partial charge is 0.381 e. The molecule has 4 rings (SSSR count). The van der Waals surface area contributed by atoms with E-state index in [9.17, 15) is 0 Å². The van der Waals surface area contributed by atoms with Crippen LogP contribution in [0.4, 0.5) is 0 Å². The minimum atomic E-state index is 1.00. The van der Waals surface area contributed by atoms with Gasteiger partial charge in [0.05, 0.1) is 0 Å². The number of likely N-dealkylation sites (N-methyl/N-ethyl adjacent to an activating group) is 2. The van der Waals surface area contributed by atoms with Gasteiger partial charge in [0, 0.05) is 39.4 Å². The second-order valence-corrected chi connectivity index (χ2v) is 6.94. The maximum absolute atomic E-state index is 5.07. The number of nitrogens with one attached hydrogen (secondary N) is 2. The molecule has 5 nitrogen and oxygen atoms in total. The highest BCUT2D eigenvalue weighted by molar-refractivity contribution is 4.98. The van der Waals surface area contributed by atoms with Gasteiger partial charge in [0.25, 0.3) is 0 Å². The summed E-state index contributed by atoms with van der Waals surface area (Å²) in [4.78, 5) is 4.72. The van der Waals surface area contributed by atoms with Crippen molar-refractivity contribution in [3.63, 3.8) is 0 Å². The molecular formula is C32H76N4O. The van der Waals surface area contributed by atoms with Crippen molar-refractivity contribution < 1.29 is 4.74 Å². The first-order chi connectivity index (χ1) is 18.3. The van der Waals surface area contributed by atoms with Crippen molar-refractivity contribution in [3.8, 4) is 0 Å². The molecule has 4 aliphatic rings. The zero-order valence-electron chi connectivity index (χ0n) is 28.5. The van der Waals surface area contributed by atoms with Gasteiger partial charge in [0.15, 0.2) is 0 Å². The van der Waals surface area contributed by atoms with Crippen LogP contribution >= 0.6 is 0 Å². The Labute approximate surface area is 237 Å². The lowest BCUT2D eigenvalue weighted by Gasteiger charge is -2.28. The second kappa shape index (κ2) is 59.9. The van der Waals surface area contributed by atoms with E-state index in [1.807, 2.05) is 95.5 Å². The Hall–Kier alpha value is -0.880. The molecule has 0 spiro atoms. The molecule has 0 aromatic heterocycles. The molecule has 37 heavy (non-hydrogen) atoms. The summed E-state index contributed by atoms with van der Waals surface area (Å²) in [5, 5.41) is 6.15. The second-order valence-electron chi connectivity index (χ2n) is 6.94. The maximum Gasteiger partial charge on any atom is 0.0466 e. The molecule has 0 atom stereocenters. The highest BCUT2D eigenvalue weighted by Crippen LogP contribution is 2.02. The van der Waals surface area contributed by atoms with Crippen molar-refractivity contribution in [1.82, 2.24) is 20.4 Å². The Balaban J connectivity index is -0.0000000768. The van der Waals surface area contributed by atoms with E-state index < -0.39 is 0 Å². The van der Waals surface area contributed by atoms with E-state index in [-0.39, 0.29) is 0 Å². The van der Waals surface area contributed by atoms with E-state index in [4.69, 9.17) is 4.74 Å². The molecule has 0 saturated carbocycles. The summed E-state index contributed by atoms with van der Waals surface area (Å²) in [7, 11) is 4.35. The molecule has 2 N–H and O–H groups in total. The highest BCUT2D eigenvalue weighted by atomic mass is 16.5. The minimum absolute atomic E-state index is 1.00. The van der Waals surface area contributed by atoms with Crippen LogP contribution in [0.5, 0.6) is 0 Å². The molecule has 0 radical (unpaired) electrons. The molecule has 0 bridgehead atoms. The topological polar surface area (TPSA) is 39.8 Å². The molecule has 0 amide bonds. The smallest absolute Gasteiger partial charge is 0.0466 e. The van der Waals surface area contributed by atoms with E-state index in [0.717, 1.165) is 19.6 Å². The van der Waals surface area contributed by atoms with Gasteiger partial charge in [-0.3, -0.25) is 0 Å². The highest BCUT2D eigenvalue weighted by Gasteiger charge is 2.07. The third-order valence-corrected chi connectivity index (χ3v) is 4.46. The zero-order valence-corrected chi connectivity index (χ0v) is 28.5. The fraction of sp³-hybridized carbons (Fsp3) is 0.875. The van der Waals surface area contributed by atoms with E-state index >= 15 is 0 Å². The first-order valence-corrected chi connectivity index (χ1v) is 16.0. The van der Waals surface area contributed by atoms with Crippen LogP contribution < -0.4 is 10.6 Å². The van der Waals surface area contributed by atoms with Gasteiger partial charge in [-0.15, -0.1) is 0 Å². The Bertz CT molecular complexity index is 285. The summed E-state index contributed by atoms with van der Waals surface area (Å²) >= 11 is 0. The summed E-state index contributed by atoms with van der Waals surface area (Å²) in [5.41, 5.74) is 0. The molecule has 5 heteroatoms. The Morgan fingerprint density at radius 2 is 0.865 bits per heavy atom. The molecular weight excluding hydrogens is 456 g/mol. The quantitative estimate of drug-likeness (QED) is 0.327. The molecule has 4 heterocycles. The van der Waals surface area contributed by atoms with Gasteiger partial charge in [0.2, 0.25) is 0 Å². The number of nitrogens with zero attached hydrogens (tertiary/aromatic N) is 2. The van der Waals surface area contributed by atoms with Crippen molar-refractivity contribution >= 4 is 0 Å². The third-order valence-electron chi connectivity index (χ3n) is 4.46.